The van der Waals surface area contributed by atoms with Crippen LogP contribution in [-0.4, -0.2) is 37.6 Å². The molecule has 1 saturated heterocycles. The number of para-hydroxylation sites is 1. The molecule has 3 rings (SSSR count). The van der Waals surface area contributed by atoms with E-state index in [1.165, 1.54) is 12.8 Å². The molecule has 0 atom stereocenters. The van der Waals surface area contributed by atoms with Crippen LogP contribution in [0.2, 0.25) is 0 Å². The van der Waals surface area contributed by atoms with Crippen LogP contribution in [-0.2, 0) is 11.3 Å². The first-order chi connectivity index (χ1) is 12.7. The molecule has 138 valence electrons. The Morgan fingerprint density at radius 2 is 1.88 bits per heavy atom. The lowest BCUT2D eigenvalue weighted by atomic mass is 10.1. The number of ether oxygens (including phenoxy) is 2. The number of anilines is 1. The molecule has 1 fully saturated rings. The summed E-state index contributed by atoms with van der Waals surface area (Å²) in [5.74, 6) is 1.02. The molecule has 0 radical (unpaired) electrons. The van der Waals surface area contributed by atoms with Crippen LogP contribution in [0.3, 0.4) is 0 Å². The molecule has 26 heavy (non-hydrogen) atoms. The van der Waals surface area contributed by atoms with E-state index in [1.807, 2.05) is 43.3 Å². The molecule has 1 N–H and O–H groups in total. The molecule has 0 unspecified atom stereocenters. The molecular formula is C21H26N2O3. The monoisotopic (exact) mass is 354 g/mol. The molecule has 5 nitrogen and oxygen atoms in total. The molecular weight excluding hydrogens is 328 g/mol. The van der Waals surface area contributed by atoms with Gasteiger partial charge in [-0.3, -0.25) is 9.69 Å². The molecule has 1 heterocycles. The standard InChI is InChI=1S/C21H26N2O3/c1-16-9-10-19(20(13-16)25-2)26-15-21(24)22-18-8-4-3-7-17(18)14-23-11-5-6-12-23/h3-4,7-10,13H,5-6,11-12,14-15H2,1-2H3,(H,22,24). The number of nitrogens with zero attached hydrogens (tertiary/aromatic N) is 1. The lowest BCUT2D eigenvalue weighted by Crippen LogP contribution is -2.23. The summed E-state index contributed by atoms with van der Waals surface area (Å²) < 4.78 is 11.0. The van der Waals surface area contributed by atoms with Crippen molar-refractivity contribution >= 4 is 11.6 Å². The van der Waals surface area contributed by atoms with Crippen LogP contribution in [0, 0.1) is 6.92 Å². The van der Waals surface area contributed by atoms with Gasteiger partial charge in [-0.25, -0.2) is 0 Å². The van der Waals surface area contributed by atoms with Crippen molar-refractivity contribution in [3.63, 3.8) is 0 Å². The Morgan fingerprint density at radius 3 is 2.65 bits per heavy atom. The Hall–Kier alpha value is -2.53. The number of likely N-dealkylation sites (tertiary alicyclic amines) is 1. The van der Waals surface area contributed by atoms with Gasteiger partial charge in [-0.2, -0.15) is 0 Å². The fourth-order valence-electron chi connectivity index (χ4n) is 3.19. The van der Waals surface area contributed by atoms with Gasteiger partial charge in [-0.05, 0) is 62.2 Å². The molecule has 1 aliphatic heterocycles. The van der Waals surface area contributed by atoms with E-state index in [-0.39, 0.29) is 12.5 Å². The second-order valence-corrected chi connectivity index (χ2v) is 6.63. The molecule has 0 bridgehead atoms. The van der Waals surface area contributed by atoms with Gasteiger partial charge in [-0.1, -0.05) is 24.3 Å². The fraction of sp³-hybridized carbons (Fsp3) is 0.381. The molecule has 0 spiro atoms. The maximum Gasteiger partial charge on any atom is 0.262 e. The van der Waals surface area contributed by atoms with Gasteiger partial charge < -0.3 is 14.8 Å². The summed E-state index contributed by atoms with van der Waals surface area (Å²) in [6.45, 7) is 5.04. The minimum atomic E-state index is -0.179. The minimum absolute atomic E-state index is 0.0581. The first-order valence-corrected chi connectivity index (χ1v) is 9.03. The summed E-state index contributed by atoms with van der Waals surface area (Å²) in [6, 6.07) is 13.6. The molecule has 2 aromatic rings. The highest BCUT2D eigenvalue weighted by Crippen LogP contribution is 2.27. The van der Waals surface area contributed by atoms with Crippen molar-refractivity contribution in [2.45, 2.75) is 26.3 Å². The molecule has 0 aliphatic carbocycles. The summed E-state index contributed by atoms with van der Waals surface area (Å²) in [4.78, 5) is 14.8. The number of hydrogen-bond donors (Lipinski definition) is 1. The van der Waals surface area contributed by atoms with Crippen LogP contribution in [0.1, 0.15) is 24.0 Å². The van der Waals surface area contributed by atoms with Gasteiger partial charge in [0.2, 0.25) is 0 Å². The van der Waals surface area contributed by atoms with E-state index in [4.69, 9.17) is 9.47 Å². The van der Waals surface area contributed by atoms with E-state index < -0.39 is 0 Å². The second-order valence-electron chi connectivity index (χ2n) is 6.63. The summed E-state index contributed by atoms with van der Waals surface area (Å²) in [5.41, 5.74) is 3.06. The maximum absolute atomic E-state index is 12.4. The number of carbonyl (C=O) groups excluding carboxylic acids is 1. The van der Waals surface area contributed by atoms with Gasteiger partial charge in [0, 0.05) is 12.2 Å². The Morgan fingerprint density at radius 1 is 1.12 bits per heavy atom. The van der Waals surface area contributed by atoms with Crippen molar-refractivity contribution in [2.75, 3.05) is 32.1 Å². The SMILES string of the molecule is COc1cc(C)ccc1OCC(=O)Nc1ccccc1CN1CCCC1. The zero-order chi connectivity index (χ0) is 18.4. The summed E-state index contributed by atoms with van der Waals surface area (Å²) in [7, 11) is 1.59. The third-order valence-corrected chi connectivity index (χ3v) is 4.56. The van der Waals surface area contributed by atoms with E-state index in [0.29, 0.717) is 11.5 Å². The van der Waals surface area contributed by atoms with Gasteiger partial charge in [-0.15, -0.1) is 0 Å². The number of carbonyl (C=O) groups is 1. The molecule has 2 aromatic carbocycles. The van der Waals surface area contributed by atoms with Gasteiger partial charge in [0.25, 0.3) is 5.91 Å². The molecule has 0 saturated carbocycles. The number of amides is 1. The Labute approximate surface area is 154 Å². The highest BCUT2D eigenvalue weighted by molar-refractivity contribution is 5.92. The maximum atomic E-state index is 12.4. The molecule has 1 aliphatic rings. The Bertz CT molecular complexity index is 755. The number of rotatable bonds is 7. The summed E-state index contributed by atoms with van der Waals surface area (Å²) in [6.07, 6.45) is 2.50. The van der Waals surface area contributed by atoms with Crippen molar-refractivity contribution in [2.24, 2.45) is 0 Å². The van der Waals surface area contributed by atoms with Crippen molar-refractivity contribution in [3.8, 4) is 11.5 Å². The van der Waals surface area contributed by atoms with Crippen molar-refractivity contribution in [3.05, 3.63) is 53.6 Å². The van der Waals surface area contributed by atoms with Crippen molar-refractivity contribution in [1.82, 2.24) is 4.90 Å². The molecule has 5 heteroatoms. The van der Waals surface area contributed by atoms with Crippen LogP contribution in [0.5, 0.6) is 11.5 Å². The van der Waals surface area contributed by atoms with E-state index in [9.17, 15) is 4.79 Å². The average Bonchev–Trinajstić information content (AvgIpc) is 3.15. The fourth-order valence-corrected chi connectivity index (χ4v) is 3.19. The zero-order valence-corrected chi connectivity index (χ0v) is 15.5. The van der Waals surface area contributed by atoms with Gasteiger partial charge in [0.15, 0.2) is 18.1 Å². The smallest absolute Gasteiger partial charge is 0.262 e. The minimum Gasteiger partial charge on any atom is -0.493 e. The normalized spacial score (nSPS) is 14.2. The average molecular weight is 354 g/mol. The van der Waals surface area contributed by atoms with E-state index >= 15 is 0 Å². The third kappa shape index (κ3) is 4.76. The van der Waals surface area contributed by atoms with Crippen LogP contribution in [0.15, 0.2) is 42.5 Å². The third-order valence-electron chi connectivity index (χ3n) is 4.56. The summed E-state index contributed by atoms with van der Waals surface area (Å²) >= 11 is 0. The topological polar surface area (TPSA) is 50.8 Å². The molecule has 1 amide bonds. The predicted molar refractivity (Wildman–Crippen MR) is 103 cm³/mol. The number of benzene rings is 2. The molecule has 0 aromatic heterocycles. The number of nitrogens with one attached hydrogen (secondary N) is 1. The highest BCUT2D eigenvalue weighted by atomic mass is 16.5. The summed E-state index contributed by atoms with van der Waals surface area (Å²) in [5, 5.41) is 2.97. The van der Waals surface area contributed by atoms with E-state index in [1.54, 1.807) is 7.11 Å². The number of aryl methyl sites for hydroxylation is 1. The van der Waals surface area contributed by atoms with Gasteiger partial charge in [0.1, 0.15) is 0 Å². The van der Waals surface area contributed by atoms with Gasteiger partial charge in [0.05, 0.1) is 7.11 Å². The predicted octanol–water partition coefficient (Wildman–Crippen LogP) is 3.62. The first kappa shape index (κ1) is 18.3. The lowest BCUT2D eigenvalue weighted by molar-refractivity contribution is -0.118. The van der Waals surface area contributed by atoms with Crippen molar-refractivity contribution in [1.29, 1.82) is 0 Å². The number of hydrogen-bond acceptors (Lipinski definition) is 4. The Balaban J connectivity index is 1.60. The van der Waals surface area contributed by atoms with E-state index in [0.717, 1.165) is 36.4 Å². The lowest BCUT2D eigenvalue weighted by Gasteiger charge is -2.18. The van der Waals surface area contributed by atoms with E-state index in [2.05, 4.69) is 16.3 Å². The number of methoxy groups -OCH3 is 1. The van der Waals surface area contributed by atoms with Crippen LogP contribution in [0.25, 0.3) is 0 Å². The van der Waals surface area contributed by atoms with Crippen LogP contribution < -0.4 is 14.8 Å². The zero-order valence-electron chi connectivity index (χ0n) is 15.5. The van der Waals surface area contributed by atoms with Crippen LogP contribution in [0.4, 0.5) is 5.69 Å². The Kier molecular flexibility index (Phi) is 6.12. The largest absolute Gasteiger partial charge is 0.493 e. The highest BCUT2D eigenvalue weighted by Gasteiger charge is 2.15. The van der Waals surface area contributed by atoms with Crippen molar-refractivity contribution < 1.29 is 14.3 Å². The quantitative estimate of drug-likeness (QED) is 0.825. The second kappa shape index (κ2) is 8.72. The first-order valence-electron chi connectivity index (χ1n) is 9.03. The van der Waals surface area contributed by atoms with Crippen LogP contribution >= 0.6 is 0 Å². The van der Waals surface area contributed by atoms with Gasteiger partial charge >= 0.3 is 0 Å².